The number of phenols is 1. The van der Waals surface area contributed by atoms with Crippen LogP contribution in [0.4, 0.5) is 4.79 Å². The highest BCUT2D eigenvalue weighted by atomic mass is 16.3. The molecule has 4 heteroatoms. The molecule has 16 heavy (non-hydrogen) atoms. The number of rotatable bonds is 0. The van der Waals surface area contributed by atoms with Gasteiger partial charge in [-0.2, -0.15) is 0 Å². The summed E-state index contributed by atoms with van der Waals surface area (Å²) < 4.78 is 0. The first-order valence-electron chi connectivity index (χ1n) is 5.22. The highest BCUT2D eigenvalue weighted by Gasteiger charge is 2.20. The van der Waals surface area contributed by atoms with E-state index in [-0.39, 0.29) is 6.03 Å². The molecule has 1 aromatic carbocycles. The fraction of sp³-hybridized carbons (Fsp3) is 0.417. The lowest BCUT2D eigenvalue weighted by Crippen LogP contribution is -2.25. The second-order valence-corrected chi connectivity index (χ2v) is 3.96. The molecule has 4 nitrogen and oxygen atoms in total. The lowest BCUT2D eigenvalue weighted by atomic mass is 10.2. The molecule has 88 valence electrons. The maximum absolute atomic E-state index is 10.8. The SMILES string of the molecule is CN1CCN(C)C1=O.Cc1cccc(O)c1. The van der Waals surface area contributed by atoms with Crippen LogP contribution in [0.5, 0.6) is 5.75 Å². The zero-order valence-corrected chi connectivity index (χ0v) is 9.97. The number of hydrogen-bond donors (Lipinski definition) is 1. The molecule has 1 aliphatic heterocycles. The number of hydrogen-bond acceptors (Lipinski definition) is 2. The van der Waals surface area contributed by atoms with Crippen LogP contribution in [0.3, 0.4) is 0 Å². The van der Waals surface area contributed by atoms with Crippen molar-refractivity contribution in [2.45, 2.75) is 6.92 Å². The van der Waals surface area contributed by atoms with Gasteiger partial charge in [0.25, 0.3) is 0 Å². The number of aromatic hydroxyl groups is 1. The highest BCUT2D eigenvalue weighted by molar-refractivity contribution is 5.75. The average Bonchev–Trinajstić information content (AvgIpc) is 2.50. The van der Waals surface area contributed by atoms with E-state index in [1.807, 2.05) is 33.2 Å². The van der Waals surface area contributed by atoms with E-state index in [4.69, 9.17) is 5.11 Å². The number of benzene rings is 1. The summed E-state index contributed by atoms with van der Waals surface area (Å²) in [6.07, 6.45) is 0. The lowest BCUT2D eigenvalue weighted by Gasteiger charge is -2.07. The van der Waals surface area contributed by atoms with Crippen LogP contribution in [-0.4, -0.2) is 48.1 Å². The molecule has 0 saturated carbocycles. The van der Waals surface area contributed by atoms with E-state index in [2.05, 4.69) is 0 Å². The Morgan fingerprint density at radius 2 is 1.75 bits per heavy atom. The molecule has 0 radical (unpaired) electrons. The summed E-state index contributed by atoms with van der Waals surface area (Å²) in [5.41, 5.74) is 1.09. The van der Waals surface area contributed by atoms with Gasteiger partial charge in [0, 0.05) is 27.2 Å². The second kappa shape index (κ2) is 5.39. The first-order valence-corrected chi connectivity index (χ1v) is 5.22. The standard InChI is InChI=1S/C7H8O.C5H10N2O/c1-6-3-2-4-7(8)5-6;1-6-3-4-7(2)5(6)8/h2-5,8H,1H3;3-4H2,1-2H3. The number of aryl methyl sites for hydroxylation is 1. The molecule has 0 aliphatic carbocycles. The monoisotopic (exact) mass is 222 g/mol. The number of likely N-dealkylation sites (N-methyl/N-ethyl adjacent to an activating group) is 2. The Morgan fingerprint density at radius 1 is 1.19 bits per heavy atom. The molecule has 1 aromatic rings. The topological polar surface area (TPSA) is 43.8 Å². The van der Waals surface area contributed by atoms with Crippen LogP contribution in [0.15, 0.2) is 24.3 Å². The molecule has 2 amide bonds. The summed E-state index contributed by atoms with van der Waals surface area (Å²) in [6.45, 7) is 3.68. The molecular formula is C12H18N2O2. The summed E-state index contributed by atoms with van der Waals surface area (Å²) in [7, 11) is 3.62. The molecule has 2 rings (SSSR count). The number of urea groups is 1. The van der Waals surface area contributed by atoms with Gasteiger partial charge >= 0.3 is 6.03 Å². The van der Waals surface area contributed by atoms with Crippen molar-refractivity contribution in [2.75, 3.05) is 27.2 Å². The molecular weight excluding hydrogens is 204 g/mol. The maximum Gasteiger partial charge on any atom is 0.319 e. The van der Waals surface area contributed by atoms with Gasteiger partial charge in [0.05, 0.1) is 0 Å². The number of phenolic OH excluding ortho intramolecular Hbond substituents is 1. The maximum atomic E-state index is 10.8. The lowest BCUT2D eigenvalue weighted by molar-refractivity contribution is 0.205. The van der Waals surface area contributed by atoms with Gasteiger partial charge in [-0.25, -0.2) is 4.79 Å². The summed E-state index contributed by atoms with van der Waals surface area (Å²) in [6, 6.07) is 7.28. The number of nitrogens with zero attached hydrogens (tertiary/aromatic N) is 2. The van der Waals surface area contributed by atoms with E-state index in [9.17, 15) is 4.79 Å². The van der Waals surface area contributed by atoms with Crippen molar-refractivity contribution in [2.24, 2.45) is 0 Å². The van der Waals surface area contributed by atoms with Crippen molar-refractivity contribution in [1.82, 2.24) is 9.80 Å². The fourth-order valence-electron chi connectivity index (χ4n) is 1.41. The predicted molar refractivity (Wildman–Crippen MR) is 63.5 cm³/mol. The third kappa shape index (κ3) is 3.46. The van der Waals surface area contributed by atoms with Crippen molar-refractivity contribution in [3.63, 3.8) is 0 Å². The van der Waals surface area contributed by atoms with E-state index < -0.39 is 0 Å². The summed E-state index contributed by atoms with van der Waals surface area (Å²) >= 11 is 0. The number of carbonyl (C=O) groups excluding carboxylic acids is 1. The zero-order valence-electron chi connectivity index (χ0n) is 9.97. The summed E-state index contributed by atoms with van der Waals surface area (Å²) in [5.74, 6) is 0.338. The van der Waals surface area contributed by atoms with Crippen molar-refractivity contribution in [1.29, 1.82) is 0 Å². The number of amides is 2. The van der Waals surface area contributed by atoms with Crippen molar-refractivity contribution < 1.29 is 9.90 Å². The van der Waals surface area contributed by atoms with Crippen LogP contribution in [0, 0.1) is 6.92 Å². The Kier molecular flexibility index (Phi) is 4.17. The van der Waals surface area contributed by atoms with Crippen LogP contribution in [0.25, 0.3) is 0 Å². The first-order chi connectivity index (χ1) is 7.50. The Labute approximate surface area is 96.1 Å². The van der Waals surface area contributed by atoms with Gasteiger partial charge in [0.15, 0.2) is 0 Å². The van der Waals surface area contributed by atoms with E-state index in [1.54, 1.807) is 21.9 Å². The van der Waals surface area contributed by atoms with Crippen LogP contribution < -0.4 is 0 Å². The molecule has 0 spiro atoms. The minimum atomic E-state index is 0.130. The Hall–Kier alpha value is -1.71. The largest absolute Gasteiger partial charge is 0.508 e. The van der Waals surface area contributed by atoms with Crippen molar-refractivity contribution >= 4 is 6.03 Å². The molecule has 1 aliphatic rings. The molecule has 0 aromatic heterocycles. The van der Waals surface area contributed by atoms with Gasteiger partial charge in [0.2, 0.25) is 0 Å². The molecule has 0 atom stereocenters. The van der Waals surface area contributed by atoms with Crippen LogP contribution in [-0.2, 0) is 0 Å². The molecule has 1 saturated heterocycles. The van der Waals surface area contributed by atoms with Crippen LogP contribution in [0.1, 0.15) is 5.56 Å². The predicted octanol–water partition coefficient (Wildman–Crippen LogP) is 1.68. The van der Waals surface area contributed by atoms with Gasteiger partial charge in [-0.3, -0.25) is 0 Å². The molecule has 0 bridgehead atoms. The quantitative estimate of drug-likeness (QED) is 0.726. The Morgan fingerprint density at radius 3 is 2.00 bits per heavy atom. The van der Waals surface area contributed by atoms with Gasteiger partial charge in [0.1, 0.15) is 5.75 Å². The third-order valence-electron chi connectivity index (χ3n) is 2.43. The average molecular weight is 222 g/mol. The van der Waals surface area contributed by atoms with E-state index in [1.165, 1.54) is 0 Å². The molecule has 1 heterocycles. The van der Waals surface area contributed by atoms with Gasteiger partial charge in [-0.05, 0) is 24.6 Å². The van der Waals surface area contributed by atoms with Crippen LogP contribution >= 0.6 is 0 Å². The zero-order chi connectivity index (χ0) is 12.1. The summed E-state index contributed by atoms with van der Waals surface area (Å²) in [5, 5.41) is 8.81. The Bertz CT molecular complexity index is 337. The van der Waals surface area contributed by atoms with Crippen molar-refractivity contribution in [3.8, 4) is 5.75 Å². The minimum Gasteiger partial charge on any atom is -0.508 e. The van der Waals surface area contributed by atoms with E-state index >= 15 is 0 Å². The van der Waals surface area contributed by atoms with Crippen LogP contribution in [0.2, 0.25) is 0 Å². The Balaban J connectivity index is 0.000000160. The van der Waals surface area contributed by atoms with Gasteiger partial charge in [-0.15, -0.1) is 0 Å². The first kappa shape index (κ1) is 12.4. The second-order valence-electron chi connectivity index (χ2n) is 3.96. The number of carbonyl (C=O) groups is 1. The van der Waals surface area contributed by atoms with Gasteiger partial charge < -0.3 is 14.9 Å². The van der Waals surface area contributed by atoms with E-state index in [0.717, 1.165) is 18.7 Å². The fourth-order valence-corrected chi connectivity index (χ4v) is 1.41. The van der Waals surface area contributed by atoms with E-state index in [0.29, 0.717) is 5.75 Å². The third-order valence-corrected chi connectivity index (χ3v) is 2.43. The minimum absolute atomic E-state index is 0.130. The highest BCUT2D eigenvalue weighted by Crippen LogP contribution is 2.08. The molecule has 1 N–H and O–H groups in total. The normalized spacial score (nSPS) is 14.8. The molecule has 1 fully saturated rings. The summed E-state index contributed by atoms with van der Waals surface area (Å²) in [4.78, 5) is 14.2. The smallest absolute Gasteiger partial charge is 0.319 e. The van der Waals surface area contributed by atoms with Gasteiger partial charge in [-0.1, -0.05) is 12.1 Å². The molecule has 0 unspecified atom stereocenters. The van der Waals surface area contributed by atoms with Crippen molar-refractivity contribution in [3.05, 3.63) is 29.8 Å².